The van der Waals surface area contributed by atoms with Gasteiger partial charge < -0.3 is 43.9 Å². The maximum absolute atomic E-state index is 14.9. The molecule has 17 nitrogen and oxygen atoms in total. The molecule has 5 fully saturated rings. The van der Waals surface area contributed by atoms with E-state index in [4.69, 9.17) is 14.5 Å². The predicted octanol–water partition coefficient (Wildman–Crippen LogP) is 7.48. The molecule has 9 rings (SSSR count). The summed E-state index contributed by atoms with van der Waals surface area (Å²) in [4.78, 5) is 85.9. The van der Waals surface area contributed by atoms with Crippen LogP contribution in [0.1, 0.15) is 128 Å². The van der Waals surface area contributed by atoms with Crippen molar-refractivity contribution in [2.75, 3.05) is 98.3 Å². The van der Waals surface area contributed by atoms with E-state index >= 15 is 0 Å². The number of carbonyl (C=O) groups excluding carboxylic acids is 5. The van der Waals surface area contributed by atoms with Crippen molar-refractivity contribution in [1.82, 2.24) is 44.9 Å². The number of hydrazine groups is 1. The van der Waals surface area contributed by atoms with Gasteiger partial charge in [0.15, 0.2) is 0 Å². The first-order valence-electron chi connectivity index (χ1n) is 29.0. The van der Waals surface area contributed by atoms with Crippen LogP contribution in [0.2, 0.25) is 0 Å². The highest BCUT2D eigenvalue weighted by atomic mass is 19.1. The number of piperazine rings is 1. The van der Waals surface area contributed by atoms with Crippen molar-refractivity contribution in [2.24, 2.45) is 22.7 Å². The van der Waals surface area contributed by atoms with Crippen molar-refractivity contribution >= 4 is 46.3 Å². The molecule has 6 atom stereocenters. The number of fused-ring (bicyclic) bond motifs is 6. The topological polar surface area (TPSA) is 165 Å². The molecule has 2 aromatic heterocycles. The first-order valence-corrected chi connectivity index (χ1v) is 29.0. The Balaban J connectivity index is 1.00. The molecule has 3 aromatic rings. The smallest absolute Gasteiger partial charge is 0.324 e. The Hall–Kier alpha value is -5.59. The summed E-state index contributed by atoms with van der Waals surface area (Å²) in [6.07, 6.45) is 11.3. The van der Waals surface area contributed by atoms with Crippen LogP contribution in [-0.2, 0) is 41.6 Å². The fourth-order valence-corrected chi connectivity index (χ4v) is 13.7. The average molecular weight is 1080 g/mol. The fourth-order valence-electron chi connectivity index (χ4n) is 13.7. The van der Waals surface area contributed by atoms with E-state index in [9.17, 15) is 28.4 Å². The lowest BCUT2D eigenvalue weighted by Gasteiger charge is -2.42. The molecule has 5 amide bonds. The molecular formula is C60H87FN10O7. The number of likely N-dealkylation sites (N-methyl/N-ethyl adjacent to an activating group) is 2. The molecule has 4 saturated heterocycles. The second-order valence-electron chi connectivity index (χ2n) is 24.7. The van der Waals surface area contributed by atoms with Gasteiger partial charge in [-0.3, -0.25) is 29.2 Å². The number of urea groups is 1. The van der Waals surface area contributed by atoms with Crippen LogP contribution < -0.4 is 15.6 Å². The SMILES string of the molecule is CCn1c(-c2cc(N3CCN(C)CC3)cnc2[C@H](C)OC)c2c3cc(ccc31)C1CCC(C1)C[C@H](NC(=O)[C@H](C(C)C)N(C)C(=O)N1CCC3(CCN(C(=O)/C=C/CF)C3)CC1)C(=O)N1CCC[C@H](N1)C(=O)OCC(C)(C)C2. The molecule has 1 saturated carbocycles. The number of likely N-dealkylation sites (tertiary alicyclic amines) is 2. The Kier molecular flexibility index (Phi) is 17.6. The highest BCUT2D eigenvalue weighted by molar-refractivity contribution is 5.94. The third-order valence-electron chi connectivity index (χ3n) is 18.3. The van der Waals surface area contributed by atoms with Crippen molar-refractivity contribution in [3.63, 3.8) is 0 Å². The van der Waals surface area contributed by atoms with Gasteiger partial charge in [-0.05, 0) is 144 Å². The molecule has 1 aromatic carbocycles. The van der Waals surface area contributed by atoms with Gasteiger partial charge in [0.2, 0.25) is 11.8 Å². The molecule has 7 heterocycles. The number of allylic oxidation sites excluding steroid dienone is 1. The summed E-state index contributed by atoms with van der Waals surface area (Å²) in [6, 6.07) is 6.46. The lowest BCUT2D eigenvalue weighted by atomic mass is 9.78. The van der Waals surface area contributed by atoms with E-state index in [1.165, 1.54) is 38.6 Å². The molecule has 1 spiro atoms. The molecule has 6 bridgehead atoms. The summed E-state index contributed by atoms with van der Waals surface area (Å²) < 4.78 is 27.4. The number of aromatic nitrogens is 2. The van der Waals surface area contributed by atoms with Crippen molar-refractivity contribution in [2.45, 2.75) is 142 Å². The van der Waals surface area contributed by atoms with Gasteiger partial charge in [0.1, 0.15) is 24.8 Å². The normalized spacial score (nSPS) is 25.0. The summed E-state index contributed by atoms with van der Waals surface area (Å²) in [6.45, 7) is 18.9. The Bertz CT molecular complexity index is 2710. The van der Waals surface area contributed by atoms with Crippen LogP contribution in [-0.4, -0.2) is 175 Å². The van der Waals surface area contributed by atoms with Crippen LogP contribution in [0, 0.1) is 22.7 Å². The number of ether oxygens (including phenoxy) is 2. The number of piperidine rings is 1. The molecule has 5 aliphatic heterocycles. The number of hydrogen-bond acceptors (Lipinski definition) is 11. The van der Waals surface area contributed by atoms with Gasteiger partial charge in [-0.2, -0.15) is 0 Å². The minimum atomic E-state index is -0.914. The maximum Gasteiger partial charge on any atom is 0.324 e. The number of carbonyl (C=O) groups is 5. The van der Waals surface area contributed by atoms with E-state index in [-0.39, 0.29) is 53.7 Å². The maximum atomic E-state index is 14.9. The van der Waals surface area contributed by atoms with Gasteiger partial charge >= 0.3 is 12.0 Å². The molecule has 1 aliphatic carbocycles. The number of alkyl halides is 1. The molecule has 0 radical (unpaired) electrons. The number of cyclic esters (lactones) is 1. The monoisotopic (exact) mass is 1080 g/mol. The largest absolute Gasteiger partial charge is 0.464 e. The van der Waals surface area contributed by atoms with Gasteiger partial charge in [-0.25, -0.2) is 14.6 Å². The highest BCUT2D eigenvalue weighted by Gasteiger charge is 2.45. The van der Waals surface area contributed by atoms with Crippen molar-refractivity contribution < 1.29 is 37.8 Å². The number of pyridine rings is 1. The number of esters is 1. The van der Waals surface area contributed by atoms with E-state index in [2.05, 4.69) is 84.1 Å². The number of amides is 5. The molecule has 2 unspecified atom stereocenters. The third-order valence-corrected chi connectivity index (χ3v) is 18.3. The Labute approximate surface area is 461 Å². The second-order valence-corrected chi connectivity index (χ2v) is 24.7. The third kappa shape index (κ3) is 12.1. The quantitative estimate of drug-likeness (QED) is 0.145. The van der Waals surface area contributed by atoms with Gasteiger partial charge in [-0.1, -0.05) is 33.8 Å². The van der Waals surface area contributed by atoms with Crippen molar-refractivity contribution in [3.05, 3.63) is 59.4 Å². The number of hydrogen-bond donors (Lipinski definition) is 2. The number of anilines is 1. The predicted molar refractivity (Wildman–Crippen MR) is 300 cm³/mol. The Morgan fingerprint density at radius 3 is 2.40 bits per heavy atom. The van der Waals surface area contributed by atoms with Crippen LogP contribution in [0.15, 0.2) is 42.6 Å². The van der Waals surface area contributed by atoms with Crippen molar-refractivity contribution in [3.8, 4) is 11.3 Å². The van der Waals surface area contributed by atoms with Gasteiger partial charge in [0, 0.05) is 108 Å². The molecule has 426 valence electrons. The summed E-state index contributed by atoms with van der Waals surface area (Å²) in [5.74, 6) is -1.25. The number of nitrogens with one attached hydrogen (secondary N) is 2. The van der Waals surface area contributed by atoms with Gasteiger partial charge in [-0.15, -0.1) is 0 Å². The number of nitrogens with zero attached hydrogens (tertiary/aromatic N) is 8. The lowest BCUT2D eigenvalue weighted by Crippen LogP contribution is -2.62. The summed E-state index contributed by atoms with van der Waals surface area (Å²) >= 11 is 0. The molecule has 6 aliphatic rings. The second kappa shape index (κ2) is 24.0. The van der Waals surface area contributed by atoms with E-state index in [1.54, 1.807) is 24.0 Å². The lowest BCUT2D eigenvalue weighted by molar-refractivity contribution is -0.155. The molecule has 18 heteroatoms. The first-order chi connectivity index (χ1) is 37.3. The Morgan fingerprint density at radius 1 is 0.974 bits per heavy atom. The summed E-state index contributed by atoms with van der Waals surface area (Å²) in [7, 11) is 5.57. The van der Waals surface area contributed by atoms with Crippen LogP contribution in [0.4, 0.5) is 14.9 Å². The van der Waals surface area contributed by atoms with E-state index in [1.807, 2.05) is 20.0 Å². The highest BCUT2D eigenvalue weighted by Crippen LogP contribution is 2.46. The van der Waals surface area contributed by atoms with E-state index < -0.39 is 42.1 Å². The van der Waals surface area contributed by atoms with Crippen molar-refractivity contribution in [1.29, 1.82) is 0 Å². The number of methoxy groups -OCH3 is 1. The molecule has 78 heavy (non-hydrogen) atoms. The Morgan fingerprint density at radius 2 is 1.71 bits per heavy atom. The van der Waals surface area contributed by atoms with Crippen LogP contribution in [0.5, 0.6) is 0 Å². The number of aryl methyl sites for hydroxylation is 1. The van der Waals surface area contributed by atoms with Crippen LogP contribution >= 0.6 is 0 Å². The molecular weight excluding hydrogens is 992 g/mol. The van der Waals surface area contributed by atoms with Crippen LogP contribution in [0.25, 0.3) is 22.2 Å². The fraction of sp³-hybridized carbons (Fsp3) is 0.667. The number of rotatable bonds is 11. The van der Waals surface area contributed by atoms with Gasteiger partial charge in [0.05, 0.1) is 36.0 Å². The zero-order chi connectivity index (χ0) is 55.6. The average Bonchev–Trinajstić information content (AvgIpc) is 4.19. The van der Waals surface area contributed by atoms with E-state index in [0.29, 0.717) is 58.4 Å². The number of halogens is 1. The zero-order valence-corrected chi connectivity index (χ0v) is 48.0. The summed E-state index contributed by atoms with van der Waals surface area (Å²) in [5.41, 5.74) is 10.3. The van der Waals surface area contributed by atoms with E-state index in [0.717, 1.165) is 99.4 Å². The minimum absolute atomic E-state index is 0.107. The first kappa shape index (κ1) is 57.1. The zero-order valence-electron chi connectivity index (χ0n) is 48.0. The summed E-state index contributed by atoms with van der Waals surface area (Å²) in [5, 5.41) is 5.88. The van der Waals surface area contributed by atoms with Gasteiger partial charge in [0.25, 0.3) is 5.91 Å². The van der Waals surface area contributed by atoms with Crippen LogP contribution in [0.3, 0.4) is 0 Å². The standard InChI is InChI=1S/C60H87FN10O7/c1-10-70-50-18-17-43-33-45(50)47(54(70)46-34-44(36-62-52(46)40(4)77-9)67-29-27-65(7)28-30-67)35-59(5,6)38-78-57(75)48-13-12-23-71(64-48)56(74)49(32-41-15-16-42(43)31-41)63-55(73)53(39(2)3)66(8)58(76)68-24-19-60(20-25-68)21-26-69(37-60)51(72)14-11-22-61/h11,14,17-18,33-34,36,39-42,48-49,53,64H,10,12-13,15-16,19-32,35,37-38H2,1-9H3,(H,63,73)/b14-11+/t40-,41?,42?,48-,49-,53-/m0/s1. The molecule has 2 N–H and O–H groups in total. The number of benzene rings is 1. The minimum Gasteiger partial charge on any atom is -0.464 e.